The van der Waals surface area contributed by atoms with Gasteiger partial charge in [0.05, 0.1) is 31.9 Å². The SMILES string of the molecule is COc1ccc(S(=O)(=O)NC2CCCN2CCCOc2ccc(C(=O)C3CC3)cc2)cc1OC. The Morgan fingerprint density at radius 3 is 2.44 bits per heavy atom. The van der Waals surface area contributed by atoms with Crippen LogP contribution >= 0.6 is 0 Å². The Bertz CT molecular complexity index is 1100. The number of benzene rings is 2. The molecule has 1 saturated heterocycles. The molecule has 0 spiro atoms. The molecule has 2 aliphatic rings. The monoisotopic (exact) mass is 488 g/mol. The van der Waals surface area contributed by atoms with E-state index >= 15 is 0 Å². The first-order valence-corrected chi connectivity index (χ1v) is 13.1. The number of Topliss-reactive ketones (excluding diaryl/α,β-unsaturated/α-hetero) is 1. The van der Waals surface area contributed by atoms with E-state index in [4.69, 9.17) is 14.2 Å². The molecule has 184 valence electrons. The van der Waals surface area contributed by atoms with Crippen LogP contribution in [0.3, 0.4) is 0 Å². The van der Waals surface area contributed by atoms with Crippen molar-refractivity contribution in [1.82, 2.24) is 9.62 Å². The molecule has 4 rings (SSSR count). The van der Waals surface area contributed by atoms with Crippen molar-refractivity contribution in [2.24, 2.45) is 5.92 Å². The van der Waals surface area contributed by atoms with Gasteiger partial charge in [0, 0.05) is 24.1 Å². The molecule has 9 heteroatoms. The van der Waals surface area contributed by atoms with Crippen LogP contribution in [0.2, 0.25) is 0 Å². The first-order valence-electron chi connectivity index (χ1n) is 11.7. The summed E-state index contributed by atoms with van der Waals surface area (Å²) in [5.74, 6) is 2.02. The lowest BCUT2D eigenvalue weighted by molar-refractivity contribution is 0.0967. The Kier molecular flexibility index (Phi) is 7.75. The predicted octanol–water partition coefficient (Wildman–Crippen LogP) is 3.47. The molecule has 2 aromatic carbocycles. The fourth-order valence-electron chi connectivity index (χ4n) is 4.21. The fourth-order valence-corrected chi connectivity index (χ4v) is 5.48. The number of rotatable bonds is 12. The molecule has 0 bridgehead atoms. The van der Waals surface area contributed by atoms with Gasteiger partial charge in [-0.15, -0.1) is 0 Å². The molecule has 2 aromatic rings. The van der Waals surface area contributed by atoms with Gasteiger partial charge in [-0.2, -0.15) is 4.72 Å². The highest BCUT2D eigenvalue weighted by atomic mass is 32.2. The van der Waals surface area contributed by atoms with E-state index in [-0.39, 0.29) is 22.8 Å². The Hall–Kier alpha value is -2.62. The molecule has 1 heterocycles. The highest BCUT2D eigenvalue weighted by Gasteiger charge is 2.31. The van der Waals surface area contributed by atoms with Crippen LogP contribution in [0.25, 0.3) is 0 Å². The van der Waals surface area contributed by atoms with Crippen LogP contribution in [0.15, 0.2) is 47.4 Å². The molecule has 1 saturated carbocycles. The summed E-state index contributed by atoms with van der Waals surface area (Å²) in [7, 11) is -0.721. The zero-order valence-electron chi connectivity index (χ0n) is 19.7. The maximum Gasteiger partial charge on any atom is 0.242 e. The first-order chi connectivity index (χ1) is 16.4. The lowest BCUT2D eigenvalue weighted by Crippen LogP contribution is -2.44. The van der Waals surface area contributed by atoms with Crippen molar-refractivity contribution in [3.05, 3.63) is 48.0 Å². The van der Waals surface area contributed by atoms with Crippen molar-refractivity contribution in [2.45, 2.75) is 43.2 Å². The summed E-state index contributed by atoms with van der Waals surface area (Å²) in [6, 6.07) is 11.9. The summed E-state index contributed by atoms with van der Waals surface area (Å²) >= 11 is 0. The molecule has 8 nitrogen and oxygen atoms in total. The van der Waals surface area contributed by atoms with Crippen LogP contribution in [0.4, 0.5) is 0 Å². The largest absolute Gasteiger partial charge is 0.494 e. The van der Waals surface area contributed by atoms with Gasteiger partial charge in [-0.1, -0.05) is 0 Å². The second-order valence-electron chi connectivity index (χ2n) is 8.70. The van der Waals surface area contributed by atoms with Crippen LogP contribution in [0.5, 0.6) is 17.2 Å². The number of nitrogens with one attached hydrogen (secondary N) is 1. The summed E-state index contributed by atoms with van der Waals surface area (Å²) in [6.07, 6.45) is 4.18. The van der Waals surface area contributed by atoms with Crippen molar-refractivity contribution >= 4 is 15.8 Å². The summed E-state index contributed by atoms with van der Waals surface area (Å²) in [5.41, 5.74) is 0.747. The number of ketones is 1. The van der Waals surface area contributed by atoms with Crippen molar-refractivity contribution in [3.8, 4) is 17.2 Å². The van der Waals surface area contributed by atoms with Crippen LogP contribution < -0.4 is 18.9 Å². The number of likely N-dealkylation sites (tertiary alicyclic amines) is 1. The molecule has 0 aromatic heterocycles. The van der Waals surface area contributed by atoms with Gasteiger partial charge in [0.25, 0.3) is 0 Å². The highest BCUT2D eigenvalue weighted by Crippen LogP contribution is 2.33. The molecule has 0 radical (unpaired) electrons. The Morgan fingerprint density at radius 1 is 1.03 bits per heavy atom. The van der Waals surface area contributed by atoms with Gasteiger partial charge in [-0.05, 0) is 75.0 Å². The van der Waals surface area contributed by atoms with Crippen molar-refractivity contribution in [2.75, 3.05) is 33.9 Å². The third-order valence-corrected chi connectivity index (χ3v) is 7.72. The molecule has 34 heavy (non-hydrogen) atoms. The molecular formula is C25H32N2O6S. The predicted molar refractivity (Wildman–Crippen MR) is 128 cm³/mol. The Balaban J connectivity index is 1.27. The van der Waals surface area contributed by atoms with E-state index < -0.39 is 10.0 Å². The number of ether oxygens (including phenoxy) is 3. The summed E-state index contributed by atoms with van der Waals surface area (Å²) < 4.78 is 45.0. The second kappa shape index (κ2) is 10.8. The van der Waals surface area contributed by atoms with Crippen LogP contribution in [-0.2, 0) is 10.0 Å². The maximum absolute atomic E-state index is 13.0. The fraction of sp³-hybridized carbons (Fsp3) is 0.480. The second-order valence-corrected chi connectivity index (χ2v) is 10.4. The average Bonchev–Trinajstić information content (AvgIpc) is 3.62. The van der Waals surface area contributed by atoms with E-state index in [1.807, 2.05) is 24.3 Å². The first kappa shape index (κ1) is 24.5. The number of carbonyl (C=O) groups is 1. The maximum atomic E-state index is 13.0. The van der Waals surface area contributed by atoms with E-state index in [2.05, 4.69) is 9.62 Å². The highest BCUT2D eigenvalue weighted by molar-refractivity contribution is 7.89. The van der Waals surface area contributed by atoms with Gasteiger partial charge in [0.2, 0.25) is 10.0 Å². The number of methoxy groups -OCH3 is 2. The van der Waals surface area contributed by atoms with E-state index in [0.29, 0.717) is 18.1 Å². The third-order valence-electron chi connectivity index (χ3n) is 6.27. The van der Waals surface area contributed by atoms with Gasteiger partial charge in [0.1, 0.15) is 5.75 Å². The van der Waals surface area contributed by atoms with Crippen LogP contribution in [-0.4, -0.2) is 59.2 Å². The van der Waals surface area contributed by atoms with Gasteiger partial charge in [-0.3, -0.25) is 9.69 Å². The van der Waals surface area contributed by atoms with Crippen molar-refractivity contribution in [3.63, 3.8) is 0 Å². The normalized spacial score (nSPS) is 18.6. The third kappa shape index (κ3) is 5.89. The summed E-state index contributed by atoms with van der Waals surface area (Å²) in [4.78, 5) is 14.4. The molecule has 1 unspecified atom stereocenters. The molecule has 1 atom stereocenters. The topological polar surface area (TPSA) is 94.2 Å². The number of hydrogen-bond donors (Lipinski definition) is 1. The zero-order valence-corrected chi connectivity index (χ0v) is 20.5. The van der Waals surface area contributed by atoms with Crippen LogP contribution in [0, 0.1) is 5.92 Å². The van der Waals surface area contributed by atoms with E-state index in [1.54, 1.807) is 6.07 Å². The summed E-state index contributed by atoms with van der Waals surface area (Å²) in [6.45, 7) is 2.07. The lowest BCUT2D eigenvalue weighted by atomic mass is 10.1. The van der Waals surface area contributed by atoms with Gasteiger partial charge < -0.3 is 14.2 Å². The van der Waals surface area contributed by atoms with E-state index in [1.165, 1.54) is 26.4 Å². The minimum Gasteiger partial charge on any atom is -0.494 e. The van der Waals surface area contributed by atoms with E-state index in [0.717, 1.165) is 56.5 Å². The van der Waals surface area contributed by atoms with Crippen molar-refractivity contribution < 1.29 is 27.4 Å². The molecule has 1 aliphatic carbocycles. The Morgan fingerprint density at radius 2 is 1.76 bits per heavy atom. The number of sulfonamides is 1. The minimum absolute atomic E-state index is 0.143. The molecular weight excluding hydrogens is 456 g/mol. The minimum atomic E-state index is -3.71. The summed E-state index contributed by atoms with van der Waals surface area (Å²) in [5, 5.41) is 0. The van der Waals surface area contributed by atoms with Gasteiger partial charge >= 0.3 is 0 Å². The number of carbonyl (C=O) groups excluding carboxylic acids is 1. The molecule has 1 N–H and O–H groups in total. The standard InChI is InChI=1S/C25H32N2O6S/c1-31-22-13-12-21(17-23(22)32-2)34(29,30)26-24-5-3-14-27(24)15-4-16-33-20-10-8-19(9-11-20)25(28)18-6-7-18/h8-13,17-18,24,26H,3-7,14-16H2,1-2H3. The number of hydrogen-bond acceptors (Lipinski definition) is 7. The number of nitrogens with zero attached hydrogens (tertiary/aromatic N) is 1. The van der Waals surface area contributed by atoms with Gasteiger partial charge in [0.15, 0.2) is 17.3 Å². The zero-order chi connectivity index (χ0) is 24.1. The van der Waals surface area contributed by atoms with E-state index in [9.17, 15) is 13.2 Å². The Labute approximate surface area is 201 Å². The molecule has 0 amide bonds. The van der Waals surface area contributed by atoms with Gasteiger partial charge in [-0.25, -0.2) is 8.42 Å². The molecule has 2 fully saturated rings. The molecule has 1 aliphatic heterocycles. The average molecular weight is 489 g/mol. The quantitative estimate of drug-likeness (QED) is 0.361. The lowest BCUT2D eigenvalue weighted by Gasteiger charge is -2.25. The van der Waals surface area contributed by atoms with Crippen LogP contribution in [0.1, 0.15) is 42.5 Å². The smallest absolute Gasteiger partial charge is 0.242 e. The van der Waals surface area contributed by atoms with Crippen molar-refractivity contribution in [1.29, 1.82) is 0 Å².